The summed E-state index contributed by atoms with van der Waals surface area (Å²) < 4.78 is 40.4. The number of benzene rings is 2. The van der Waals surface area contributed by atoms with E-state index in [-0.39, 0.29) is 5.82 Å². The Balaban J connectivity index is 0.000000837. The highest BCUT2D eigenvalue weighted by atomic mass is 32.2. The van der Waals surface area contributed by atoms with E-state index < -0.39 is 19.0 Å². The third-order valence-corrected chi connectivity index (χ3v) is 6.40. The summed E-state index contributed by atoms with van der Waals surface area (Å²) in [6, 6.07) is 20.9. The first-order valence-electron chi connectivity index (χ1n) is 10.4. The lowest BCUT2D eigenvalue weighted by Gasteiger charge is -2.16. The predicted octanol–water partition coefficient (Wildman–Crippen LogP) is 3.99. The zero-order chi connectivity index (χ0) is 23.6. The van der Waals surface area contributed by atoms with Crippen molar-refractivity contribution in [3.05, 3.63) is 89.0 Å². The number of aromatic nitrogens is 2. The van der Waals surface area contributed by atoms with Gasteiger partial charge in [-0.2, -0.15) is 5.10 Å². The maximum Gasteiger partial charge on any atom is 0.198 e. The van der Waals surface area contributed by atoms with Crippen LogP contribution in [-0.2, 0) is 35.2 Å². The molecule has 0 saturated carbocycles. The molecule has 0 aliphatic carbocycles. The first-order chi connectivity index (χ1) is 15.2. The summed E-state index contributed by atoms with van der Waals surface area (Å²) >= 11 is 0. The Morgan fingerprint density at radius 2 is 1.47 bits per heavy atom. The number of ether oxygens (including phenoxy) is 1. The third-order valence-electron chi connectivity index (χ3n) is 4.70. The maximum atomic E-state index is 15.2. The van der Waals surface area contributed by atoms with Crippen LogP contribution in [0.15, 0.2) is 60.7 Å². The van der Waals surface area contributed by atoms with Crippen LogP contribution in [-0.4, -0.2) is 32.9 Å². The smallest absolute Gasteiger partial charge is 0.198 e. The van der Waals surface area contributed by atoms with Crippen molar-refractivity contribution in [1.29, 1.82) is 0 Å². The normalized spacial score (nSPS) is 11.3. The van der Waals surface area contributed by atoms with Gasteiger partial charge in [-0.1, -0.05) is 80.3 Å². The highest BCUT2D eigenvalue weighted by Crippen LogP contribution is 2.20. The predicted molar refractivity (Wildman–Crippen MR) is 129 cm³/mol. The van der Waals surface area contributed by atoms with Gasteiger partial charge in [0.2, 0.25) is 0 Å². The number of nitrogens with two attached hydrogens (primary N) is 1. The molecule has 174 valence electrons. The van der Waals surface area contributed by atoms with Gasteiger partial charge in [-0.15, -0.1) is 0 Å². The number of hydrogen-bond acceptors (Lipinski definition) is 4. The molecule has 0 bridgehead atoms. The van der Waals surface area contributed by atoms with Crippen LogP contribution in [0.2, 0.25) is 25.7 Å². The third kappa shape index (κ3) is 9.43. The van der Waals surface area contributed by atoms with Crippen molar-refractivity contribution in [1.82, 2.24) is 9.78 Å². The number of nitrogens with zero attached hydrogens (tertiary/aromatic N) is 2. The summed E-state index contributed by atoms with van der Waals surface area (Å²) in [5, 5.41) is 8.63. The Hall–Kier alpha value is -2.33. The summed E-state index contributed by atoms with van der Waals surface area (Å²) in [6.45, 7) is 7.95. The first-order valence-corrected chi connectivity index (χ1v) is 15.4. The van der Waals surface area contributed by atoms with E-state index in [0.29, 0.717) is 37.6 Å². The highest BCUT2D eigenvalue weighted by molar-refractivity contribution is 7.69. The molecule has 0 atom stereocenters. The quantitative estimate of drug-likeness (QED) is 0.277. The standard InChI is InChI=1S/C23H29FN2OSi.H3NO2S/c1-28(2,3)15-14-27-18-26-22(17-20-12-8-5-9-13-20)23(24)21(25-26)16-19-10-6-4-7-11-19;1-4(2)3/h4-13H,14-18H2,1-3H3;4H,(H2,1,2,3). The van der Waals surface area contributed by atoms with Crippen LogP contribution in [0.25, 0.3) is 0 Å². The minimum Gasteiger partial charge on any atom is -0.360 e. The molecule has 0 unspecified atom stereocenters. The molecule has 3 aromatic rings. The molecule has 0 saturated heterocycles. The van der Waals surface area contributed by atoms with Crippen molar-refractivity contribution < 1.29 is 17.5 Å². The lowest BCUT2D eigenvalue weighted by atomic mass is 10.1. The lowest BCUT2D eigenvalue weighted by molar-refractivity contribution is 0.0762. The van der Waals surface area contributed by atoms with Crippen LogP contribution in [0.1, 0.15) is 22.5 Å². The van der Waals surface area contributed by atoms with Crippen molar-refractivity contribution in [2.45, 2.75) is 45.3 Å². The van der Waals surface area contributed by atoms with Gasteiger partial charge < -0.3 is 4.74 Å². The van der Waals surface area contributed by atoms with E-state index in [1.54, 1.807) is 4.68 Å². The second kappa shape index (κ2) is 12.6. The van der Waals surface area contributed by atoms with Crippen molar-refractivity contribution in [3.8, 4) is 0 Å². The fraction of sp³-hybridized carbons (Fsp3) is 0.348. The molecule has 3 rings (SSSR count). The van der Waals surface area contributed by atoms with Crippen LogP contribution in [0.5, 0.6) is 0 Å². The van der Waals surface area contributed by atoms with Crippen LogP contribution in [0, 0.1) is 5.82 Å². The van der Waals surface area contributed by atoms with E-state index in [1.165, 1.54) is 0 Å². The van der Waals surface area contributed by atoms with E-state index in [2.05, 4.69) is 29.9 Å². The molecular weight excluding hydrogens is 445 g/mol. The summed E-state index contributed by atoms with van der Waals surface area (Å²) in [6.07, 6.45) is 0.988. The molecule has 0 aliphatic rings. The molecule has 32 heavy (non-hydrogen) atoms. The molecule has 2 aromatic carbocycles. The summed E-state index contributed by atoms with van der Waals surface area (Å²) in [5.41, 5.74) is 3.18. The zero-order valence-electron chi connectivity index (χ0n) is 18.8. The minimum atomic E-state index is -2.62. The van der Waals surface area contributed by atoms with Gasteiger partial charge in [0, 0.05) is 27.5 Å². The Morgan fingerprint density at radius 1 is 0.969 bits per heavy atom. The molecule has 0 amide bonds. The van der Waals surface area contributed by atoms with Crippen molar-refractivity contribution in [2.75, 3.05) is 6.61 Å². The fourth-order valence-corrected chi connectivity index (χ4v) is 3.78. The van der Waals surface area contributed by atoms with Gasteiger partial charge in [0.05, 0.1) is 5.69 Å². The van der Waals surface area contributed by atoms with E-state index in [0.717, 1.165) is 17.2 Å². The van der Waals surface area contributed by atoms with Crippen LogP contribution in [0.4, 0.5) is 4.39 Å². The second-order valence-corrected chi connectivity index (χ2v) is 14.9. The molecule has 1 aromatic heterocycles. The van der Waals surface area contributed by atoms with Gasteiger partial charge in [0.1, 0.15) is 12.4 Å². The van der Waals surface area contributed by atoms with Gasteiger partial charge in [-0.05, 0) is 17.2 Å². The van der Waals surface area contributed by atoms with Crippen LogP contribution < -0.4 is 5.14 Å². The van der Waals surface area contributed by atoms with Crippen molar-refractivity contribution in [2.24, 2.45) is 5.14 Å². The van der Waals surface area contributed by atoms with Gasteiger partial charge in [-0.25, -0.2) is 22.6 Å². The van der Waals surface area contributed by atoms with Crippen molar-refractivity contribution in [3.63, 3.8) is 0 Å². The highest BCUT2D eigenvalue weighted by Gasteiger charge is 2.19. The van der Waals surface area contributed by atoms with E-state index in [1.807, 2.05) is 60.7 Å². The Morgan fingerprint density at radius 3 is 1.97 bits per heavy atom. The maximum absolute atomic E-state index is 15.2. The minimum absolute atomic E-state index is 0.221. The number of hydrogen-bond donors (Lipinski definition) is 2. The van der Waals surface area contributed by atoms with Crippen LogP contribution in [0.3, 0.4) is 0 Å². The Bertz CT molecular complexity index is 1030. The Kier molecular flexibility index (Phi) is 10.2. The molecule has 0 aliphatic heterocycles. The molecule has 1 heterocycles. The van der Waals surface area contributed by atoms with Gasteiger partial charge >= 0.3 is 0 Å². The average molecular weight is 478 g/mol. The zero-order valence-corrected chi connectivity index (χ0v) is 20.7. The molecule has 9 heteroatoms. The largest absolute Gasteiger partial charge is 0.360 e. The van der Waals surface area contributed by atoms with Gasteiger partial charge in [-0.3, -0.25) is 0 Å². The van der Waals surface area contributed by atoms with Gasteiger partial charge in [0.25, 0.3) is 0 Å². The molecule has 2 N–H and O–H groups in total. The topological polar surface area (TPSA) is 87.2 Å². The van der Waals surface area contributed by atoms with Crippen molar-refractivity contribution >= 4 is 19.0 Å². The molecule has 0 spiro atoms. The first kappa shape index (κ1) is 25.9. The number of thiol groups is 1. The molecule has 0 radical (unpaired) electrons. The van der Waals surface area contributed by atoms with Crippen LogP contribution >= 0.6 is 0 Å². The fourth-order valence-electron chi connectivity index (χ4n) is 3.03. The second-order valence-electron chi connectivity index (χ2n) is 8.67. The number of rotatable bonds is 9. The van der Waals surface area contributed by atoms with E-state index >= 15 is 4.39 Å². The number of halogens is 1. The molecule has 6 nitrogen and oxygen atoms in total. The average Bonchev–Trinajstić information content (AvgIpc) is 3.01. The van der Waals surface area contributed by atoms with E-state index in [4.69, 9.17) is 13.2 Å². The van der Waals surface area contributed by atoms with E-state index in [9.17, 15) is 0 Å². The summed E-state index contributed by atoms with van der Waals surface area (Å²) in [5.74, 6) is -0.221. The molecular formula is C23H32FN3O3SSi. The summed E-state index contributed by atoms with van der Waals surface area (Å²) in [4.78, 5) is 0. The lowest BCUT2D eigenvalue weighted by Crippen LogP contribution is -2.22. The Labute approximate surface area is 192 Å². The van der Waals surface area contributed by atoms with Gasteiger partial charge in [0.15, 0.2) is 16.7 Å². The molecule has 0 fully saturated rings. The summed E-state index contributed by atoms with van der Waals surface area (Å²) in [7, 11) is -3.78. The monoisotopic (exact) mass is 477 g/mol. The SMILES string of the molecule is C[Si](C)(C)CCOCn1nc(Cc2ccccc2)c(F)c1Cc1ccccc1.N[SH](=O)=O.